The number of carbonyl (C=O) groups is 1. The zero-order valence-corrected chi connectivity index (χ0v) is 13.7. The molecule has 2 unspecified atom stereocenters. The molecule has 0 fully saturated rings. The monoisotopic (exact) mass is 373 g/mol. The summed E-state index contributed by atoms with van der Waals surface area (Å²) >= 11 is 10.8. The summed E-state index contributed by atoms with van der Waals surface area (Å²) in [6.45, 7) is -0.984. The first-order valence-corrected chi connectivity index (χ1v) is 7.67. The van der Waals surface area contributed by atoms with Crippen molar-refractivity contribution in [2.45, 2.75) is 17.0 Å². The molecule has 0 saturated carbocycles. The Labute approximate surface area is 147 Å². The van der Waals surface area contributed by atoms with Crippen LogP contribution in [0.15, 0.2) is 30.5 Å². The van der Waals surface area contributed by atoms with Gasteiger partial charge in [0.05, 0.1) is 12.2 Å². The summed E-state index contributed by atoms with van der Waals surface area (Å²) in [4.78, 5) is 13.9. The van der Waals surface area contributed by atoms with E-state index in [-0.39, 0.29) is 5.95 Å². The standard InChI is InChI=1S/C14H14Cl2FN5O2/c15-12(16)13(24)20-9(5-17)11(23)8-3-1-7(2-4-8)10-6-19-14(18)22-21-10/h1-4,6,9,11-12,23H,5H2,(H,20,24)(H2,18,19,22). The third-order valence-electron chi connectivity index (χ3n) is 3.20. The van der Waals surface area contributed by atoms with Gasteiger partial charge in [0.25, 0.3) is 5.91 Å². The Bertz CT molecular complexity index is 685. The van der Waals surface area contributed by atoms with Gasteiger partial charge in [-0.1, -0.05) is 47.5 Å². The molecule has 0 bridgehead atoms. The van der Waals surface area contributed by atoms with E-state index < -0.39 is 29.6 Å². The molecule has 2 atom stereocenters. The fraction of sp³-hybridized carbons (Fsp3) is 0.286. The zero-order valence-electron chi connectivity index (χ0n) is 12.2. The number of nitrogens with zero attached hydrogens (tertiary/aromatic N) is 3. The summed E-state index contributed by atoms with van der Waals surface area (Å²) in [5, 5.41) is 20.0. The van der Waals surface area contributed by atoms with E-state index in [1.54, 1.807) is 24.3 Å². The van der Waals surface area contributed by atoms with Crippen LogP contribution in [0.3, 0.4) is 0 Å². The number of hydrogen-bond acceptors (Lipinski definition) is 6. The molecule has 0 saturated heterocycles. The maximum absolute atomic E-state index is 13.1. The Morgan fingerprint density at radius 1 is 1.29 bits per heavy atom. The van der Waals surface area contributed by atoms with Crippen molar-refractivity contribution < 1.29 is 14.3 Å². The van der Waals surface area contributed by atoms with Crippen LogP contribution in [-0.4, -0.2) is 43.7 Å². The number of anilines is 1. The molecule has 0 aliphatic heterocycles. The summed E-state index contributed by atoms with van der Waals surface area (Å²) in [6, 6.07) is 5.30. The molecule has 2 rings (SSSR count). The Morgan fingerprint density at radius 2 is 1.96 bits per heavy atom. The molecular formula is C14H14Cl2FN5O2. The number of aliphatic hydroxyl groups is 1. The highest BCUT2D eigenvalue weighted by atomic mass is 35.5. The van der Waals surface area contributed by atoms with Gasteiger partial charge in [-0.15, -0.1) is 10.2 Å². The summed E-state index contributed by atoms with van der Waals surface area (Å²) in [6.07, 6.45) is 0.190. The molecule has 0 aliphatic carbocycles. The molecule has 10 heteroatoms. The van der Waals surface area contributed by atoms with E-state index in [1.807, 2.05) is 0 Å². The van der Waals surface area contributed by atoms with Gasteiger partial charge in [-0.3, -0.25) is 4.79 Å². The van der Waals surface area contributed by atoms with Crippen molar-refractivity contribution in [2.75, 3.05) is 12.4 Å². The topological polar surface area (TPSA) is 114 Å². The predicted molar refractivity (Wildman–Crippen MR) is 88.0 cm³/mol. The van der Waals surface area contributed by atoms with Gasteiger partial charge >= 0.3 is 0 Å². The number of aromatic nitrogens is 3. The number of benzene rings is 1. The van der Waals surface area contributed by atoms with Crippen LogP contribution in [0.25, 0.3) is 11.3 Å². The average Bonchev–Trinajstić information content (AvgIpc) is 2.59. The minimum atomic E-state index is -1.34. The summed E-state index contributed by atoms with van der Waals surface area (Å²) in [7, 11) is 0. The van der Waals surface area contributed by atoms with E-state index in [9.17, 15) is 14.3 Å². The number of nitrogen functional groups attached to an aromatic ring is 1. The van der Waals surface area contributed by atoms with Gasteiger partial charge < -0.3 is 16.2 Å². The number of carbonyl (C=O) groups excluding carboxylic acids is 1. The number of alkyl halides is 3. The number of hydrogen-bond donors (Lipinski definition) is 3. The molecule has 24 heavy (non-hydrogen) atoms. The minimum absolute atomic E-state index is 0.0595. The zero-order chi connectivity index (χ0) is 17.7. The predicted octanol–water partition coefficient (Wildman–Crippen LogP) is 1.41. The third kappa shape index (κ3) is 4.50. The van der Waals surface area contributed by atoms with Crippen molar-refractivity contribution in [1.29, 1.82) is 0 Å². The van der Waals surface area contributed by atoms with Gasteiger partial charge in [0, 0.05) is 5.56 Å². The molecule has 1 aromatic carbocycles. The highest BCUT2D eigenvalue weighted by Gasteiger charge is 2.25. The van der Waals surface area contributed by atoms with Crippen molar-refractivity contribution >= 4 is 35.1 Å². The fourth-order valence-electron chi connectivity index (χ4n) is 1.95. The maximum atomic E-state index is 13.1. The van der Waals surface area contributed by atoms with Gasteiger partial charge in [-0.25, -0.2) is 9.37 Å². The maximum Gasteiger partial charge on any atom is 0.253 e. The highest BCUT2D eigenvalue weighted by Crippen LogP contribution is 2.22. The Kier molecular flexibility index (Phi) is 6.24. The smallest absolute Gasteiger partial charge is 0.253 e. The lowest BCUT2D eigenvalue weighted by Crippen LogP contribution is -2.43. The van der Waals surface area contributed by atoms with Crippen molar-refractivity contribution in [3.05, 3.63) is 36.0 Å². The van der Waals surface area contributed by atoms with Gasteiger partial charge in [0.1, 0.15) is 18.5 Å². The molecule has 0 spiro atoms. The largest absolute Gasteiger partial charge is 0.386 e. The van der Waals surface area contributed by atoms with Crippen LogP contribution in [0.2, 0.25) is 0 Å². The quantitative estimate of drug-likeness (QED) is 0.659. The van der Waals surface area contributed by atoms with Gasteiger partial charge in [0.2, 0.25) is 5.95 Å². The third-order valence-corrected chi connectivity index (χ3v) is 3.60. The number of nitrogens with two attached hydrogens (primary N) is 1. The van der Waals surface area contributed by atoms with Crippen LogP contribution in [0.1, 0.15) is 11.7 Å². The molecule has 128 valence electrons. The Hall–Kier alpha value is -2.03. The number of halogens is 3. The summed E-state index contributed by atoms with van der Waals surface area (Å²) < 4.78 is 13.1. The van der Waals surface area contributed by atoms with Crippen LogP contribution in [-0.2, 0) is 4.79 Å². The average molecular weight is 374 g/mol. The lowest BCUT2D eigenvalue weighted by atomic mass is 10.0. The molecule has 1 amide bonds. The number of rotatable bonds is 6. The number of aliphatic hydroxyl groups excluding tert-OH is 1. The molecule has 7 nitrogen and oxygen atoms in total. The van der Waals surface area contributed by atoms with E-state index in [0.717, 1.165) is 0 Å². The van der Waals surface area contributed by atoms with E-state index >= 15 is 0 Å². The first kappa shape index (κ1) is 18.3. The van der Waals surface area contributed by atoms with E-state index in [1.165, 1.54) is 6.20 Å². The Morgan fingerprint density at radius 3 is 2.46 bits per heavy atom. The van der Waals surface area contributed by atoms with Crippen LogP contribution in [0.5, 0.6) is 0 Å². The van der Waals surface area contributed by atoms with Crippen LogP contribution >= 0.6 is 23.2 Å². The SMILES string of the molecule is Nc1ncc(-c2ccc(C(O)C(CF)NC(=O)C(Cl)Cl)cc2)nn1. The first-order valence-electron chi connectivity index (χ1n) is 6.80. The van der Waals surface area contributed by atoms with Crippen LogP contribution in [0.4, 0.5) is 10.3 Å². The second kappa shape index (κ2) is 8.18. The molecular weight excluding hydrogens is 360 g/mol. The van der Waals surface area contributed by atoms with Crippen molar-refractivity contribution in [2.24, 2.45) is 0 Å². The van der Waals surface area contributed by atoms with Gasteiger partial charge in [-0.2, -0.15) is 0 Å². The Balaban J connectivity index is 2.13. The molecule has 2 aromatic rings. The van der Waals surface area contributed by atoms with E-state index in [4.69, 9.17) is 28.9 Å². The normalized spacial score (nSPS) is 13.5. The van der Waals surface area contributed by atoms with Crippen molar-refractivity contribution in [3.8, 4) is 11.3 Å². The van der Waals surface area contributed by atoms with E-state index in [2.05, 4.69) is 20.5 Å². The number of amides is 1. The van der Waals surface area contributed by atoms with Gasteiger partial charge in [-0.05, 0) is 5.56 Å². The molecule has 1 heterocycles. The minimum Gasteiger partial charge on any atom is -0.386 e. The first-order chi connectivity index (χ1) is 11.4. The molecule has 4 N–H and O–H groups in total. The van der Waals surface area contributed by atoms with Crippen molar-refractivity contribution in [1.82, 2.24) is 20.5 Å². The van der Waals surface area contributed by atoms with Gasteiger partial charge in [0.15, 0.2) is 4.84 Å². The summed E-state index contributed by atoms with van der Waals surface area (Å²) in [5.74, 6) is -0.718. The highest BCUT2D eigenvalue weighted by molar-refractivity contribution is 6.53. The van der Waals surface area contributed by atoms with Crippen LogP contribution in [0, 0.1) is 0 Å². The lowest BCUT2D eigenvalue weighted by molar-refractivity contribution is -0.121. The molecule has 0 aliphatic rings. The van der Waals surface area contributed by atoms with E-state index in [0.29, 0.717) is 16.8 Å². The molecule has 0 radical (unpaired) electrons. The second-order valence-corrected chi connectivity index (χ2v) is 5.93. The fourth-order valence-corrected chi connectivity index (χ4v) is 2.07. The lowest BCUT2D eigenvalue weighted by Gasteiger charge is -2.22. The van der Waals surface area contributed by atoms with Crippen molar-refractivity contribution in [3.63, 3.8) is 0 Å². The second-order valence-electron chi connectivity index (χ2n) is 4.84. The number of nitrogens with one attached hydrogen (secondary N) is 1. The van der Waals surface area contributed by atoms with Crippen LogP contribution < -0.4 is 11.1 Å². The summed E-state index contributed by atoms with van der Waals surface area (Å²) in [5.41, 5.74) is 6.95. The molecule has 1 aromatic heterocycles.